The predicted molar refractivity (Wildman–Crippen MR) is 137 cm³/mol. The van der Waals surface area contributed by atoms with Gasteiger partial charge in [-0.05, 0) is 62.6 Å². The second-order valence-electron chi connectivity index (χ2n) is 9.73. The van der Waals surface area contributed by atoms with Crippen molar-refractivity contribution in [3.63, 3.8) is 0 Å². The molecule has 34 heavy (non-hydrogen) atoms. The Balaban J connectivity index is 1.36. The average Bonchev–Trinajstić information content (AvgIpc) is 2.83. The Bertz CT molecular complexity index is 944. The highest BCUT2D eigenvalue weighted by atomic mass is 32.2. The van der Waals surface area contributed by atoms with Crippen LogP contribution in [0.1, 0.15) is 31.7 Å². The van der Waals surface area contributed by atoms with E-state index in [-0.39, 0.29) is 18.6 Å². The third-order valence-electron chi connectivity index (χ3n) is 7.03. The first-order valence-electron chi connectivity index (χ1n) is 12.4. The van der Waals surface area contributed by atoms with E-state index in [0.29, 0.717) is 13.1 Å². The van der Waals surface area contributed by atoms with Gasteiger partial charge < -0.3 is 29.9 Å². The summed E-state index contributed by atoms with van der Waals surface area (Å²) in [4.78, 5) is 6.82. The zero-order valence-corrected chi connectivity index (χ0v) is 21.2. The van der Waals surface area contributed by atoms with Gasteiger partial charge in [0.05, 0.1) is 42.8 Å². The number of benzene rings is 2. The average molecular weight is 487 g/mol. The molecule has 2 aromatic carbocycles. The molecule has 3 N–H and O–H groups in total. The molecule has 0 aromatic heterocycles. The maximum absolute atomic E-state index is 11.0. The second kappa shape index (κ2) is 11.4. The lowest BCUT2D eigenvalue weighted by atomic mass is 9.86. The van der Waals surface area contributed by atoms with Crippen molar-refractivity contribution in [3.05, 3.63) is 48.0 Å². The number of hydrogen-bond acceptors (Lipinski definition) is 7. The number of likely N-dealkylation sites (N-methyl/N-ethyl adjacent to an activating group) is 1. The molecule has 0 aliphatic carbocycles. The van der Waals surface area contributed by atoms with E-state index < -0.39 is 18.3 Å². The normalized spacial score (nSPS) is 25.2. The fourth-order valence-electron chi connectivity index (χ4n) is 5.13. The highest BCUT2D eigenvalue weighted by molar-refractivity contribution is 7.99. The van der Waals surface area contributed by atoms with Gasteiger partial charge in [-0.25, -0.2) is 0 Å². The predicted octanol–water partition coefficient (Wildman–Crippen LogP) is 3.82. The van der Waals surface area contributed by atoms with E-state index in [2.05, 4.69) is 66.1 Å². The van der Waals surface area contributed by atoms with Crippen LogP contribution in [0.25, 0.3) is 0 Å². The van der Waals surface area contributed by atoms with Crippen molar-refractivity contribution in [2.24, 2.45) is 5.92 Å². The van der Waals surface area contributed by atoms with E-state index in [1.54, 1.807) is 11.8 Å². The maximum Gasteiger partial charge on any atom is 0.107 e. The first kappa shape index (κ1) is 25.5. The molecule has 0 spiro atoms. The smallest absolute Gasteiger partial charge is 0.107 e. The summed E-state index contributed by atoms with van der Waals surface area (Å²) in [6, 6.07) is 14.9. The van der Waals surface area contributed by atoms with Crippen molar-refractivity contribution in [2.45, 2.75) is 67.3 Å². The van der Waals surface area contributed by atoms with Gasteiger partial charge in [-0.1, -0.05) is 43.3 Å². The molecule has 186 valence electrons. The number of hydrogen-bond donors (Lipinski definition) is 3. The number of nitrogens with zero attached hydrogens (tertiary/aromatic N) is 2. The number of rotatable bonds is 9. The first-order chi connectivity index (χ1) is 16.4. The molecule has 0 amide bonds. The lowest BCUT2D eigenvalue weighted by molar-refractivity contribution is -0.161. The Morgan fingerprint density at radius 1 is 1.18 bits per heavy atom. The Kier molecular flexibility index (Phi) is 8.56. The van der Waals surface area contributed by atoms with Gasteiger partial charge in [-0.2, -0.15) is 0 Å². The summed E-state index contributed by atoms with van der Waals surface area (Å²) in [7, 11) is 2.03. The van der Waals surface area contributed by atoms with Crippen molar-refractivity contribution in [1.29, 1.82) is 0 Å². The van der Waals surface area contributed by atoms with Crippen LogP contribution in [0.2, 0.25) is 0 Å². The number of aryl methyl sites for hydroxylation is 1. The van der Waals surface area contributed by atoms with Gasteiger partial charge in [0.25, 0.3) is 0 Å². The molecule has 2 aromatic rings. The number of ether oxygens (including phenoxy) is 1. The Labute approximate surface area is 207 Å². The Hall–Kier alpha value is -1.61. The first-order valence-corrected chi connectivity index (χ1v) is 13.2. The molecule has 0 radical (unpaired) electrons. The van der Waals surface area contributed by atoms with Crippen molar-refractivity contribution in [3.8, 4) is 0 Å². The fraction of sp³-hybridized carbons (Fsp3) is 0.556. The molecular weight excluding hydrogens is 448 g/mol. The van der Waals surface area contributed by atoms with Crippen LogP contribution in [-0.2, 0) is 4.74 Å². The van der Waals surface area contributed by atoms with Gasteiger partial charge in [0.2, 0.25) is 0 Å². The minimum absolute atomic E-state index is 0.0194. The van der Waals surface area contributed by atoms with E-state index in [1.165, 1.54) is 15.4 Å². The second-order valence-corrected chi connectivity index (χ2v) is 10.8. The molecule has 2 aliphatic heterocycles. The van der Waals surface area contributed by atoms with Crippen LogP contribution in [0.3, 0.4) is 0 Å². The van der Waals surface area contributed by atoms with Gasteiger partial charge in [-0.15, -0.1) is 0 Å². The molecule has 5 atom stereocenters. The summed E-state index contributed by atoms with van der Waals surface area (Å²) in [5, 5.41) is 30.9. The van der Waals surface area contributed by atoms with Gasteiger partial charge in [0, 0.05) is 22.9 Å². The molecule has 2 aliphatic rings. The topological polar surface area (TPSA) is 76.4 Å². The molecule has 0 saturated carbocycles. The van der Waals surface area contributed by atoms with E-state index >= 15 is 0 Å². The summed E-state index contributed by atoms with van der Waals surface area (Å²) in [6.07, 6.45) is 0.908. The van der Waals surface area contributed by atoms with Crippen molar-refractivity contribution >= 4 is 23.1 Å². The van der Waals surface area contributed by atoms with Gasteiger partial charge in [-0.3, -0.25) is 0 Å². The Morgan fingerprint density at radius 2 is 1.94 bits per heavy atom. The highest BCUT2D eigenvalue weighted by Gasteiger charge is 2.36. The van der Waals surface area contributed by atoms with Crippen LogP contribution >= 0.6 is 11.8 Å². The summed E-state index contributed by atoms with van der Waals surface area (Å²) >= 11 is 1.78. The quantitative estimate of drug-likeness (QED) is 0.497. The van der Waals surface area contributed by atoms with E-state index in [9.17, 15) is 15.3 Å². The largest absolute Gasteiger partial charge is 0.394 e. The zero-order valence-electron chi connectivity index (χ0n) is 20.4. The minimum Gasteiger partial charge on any atom is -0.394 e. The van der Waals surface area contributed by atoms with Crippen molar-refractivity contribution in [2.75, 3.05) is 38.2 Å². The summed E-state index contributed by atoms with van der Waals surface area (Å²) in [6.45, 7) is 5.89. The van der Waals surface area contributed by atoms with E-state index in [1.807, 2.05) is 7.05 Å². The third kappa shape index (κ3) is 5.78. The lowest BCUT2D eigenvalue weighted by Gasteiger charge is -2.39. The molecular formula is C27H38N2O4S. The van der Waals surface area contributed by atoms with Crippen LogP contribution in [0.15, 0.2) is 52.3 Å². The van der Waals surface area contributed by atoms with E-state index in [0.717, 1.165) is 37.2 Å². The molecule has 0 bridgehead atoms. The molecule has 6 nitrogen and oxygen atoms in total. The number of aliphatic hydroxyl groups excluding tert-OH is 3. The minimum atomic E-state index is -0.595. The molecule has 1 saturated heterocycles. The standard InChI is InChI=1S/C27H38N2O4S/c1-4-19-14-21(33-24(17-30)27(19)32)11-12-28(3)15-20(31)16-29-22-7-5-6-8-25(22)34-26-10-9-18(2)13-23(26)29/h5-10,13,19-21,24,27,30-32H,4,11-12,14-17H2,1-3H3/t19-,20?,21-,24-,27+/m1/s1. The lowest BCUT2D eigenvalue weighted by Crippen LogP contribution is -2.47. The molecule has 4 rings (SSSR count). The van der Waals surface area contributed by atoms with Crippen molar-refractivity contribution < 1.29 is 20.1 Å². The monoisotopic (exact) mass is 486 g/mol. The summed E-state index contributed by atoms with van der Waals surface area (Å²) in [5.74, 6) is 0.160. The van der Waals surface area contributed by atoms with Crippen LogP contribution in [0, 0.1) is 12.8 Å². The van der Waals surface area contributed by atoms with Gasteiger partial charge in [0.15, 0.2) is 0 Å². The summed E-state index contributed by atoms with van der Waals surface area (Å²) < 4.78 is 5.95. The molecule has 7 heteroatoms. The van der Waals surface area contributed by atoms with Crippen LogP contribution in [-0.4, -0.2) is 77.9 Å². The molecule has 1 fully saturated rings. The van der Waals surface area contributed by atoms with Crippen LogP contribution in [0.5, 0.6) is 0 Å². The number of aliphatic hydroxyl groups is 3. The SMILES string of the molecule is CC[C@@H]1C[C@@H](CCN(C)CC(O)CN2c3ccccc3Sc3ccc(C)cc32)O[C@H](CO)[C@H]1O. The van der Waals surface area contributed by atoms with E-state index in [4.69, 9.17) is 4.74 Å². The highest BCUT2D eigenvalue weighted by Crippen LogP contribution is 2.48. The zero-order chi connectivity index (χ0) is 24.2. The van der Waals surface area contributed by atoms with Gasteiger partial charge >= 0.3 is 0 Å². The molecule has 2 heterocycles. The molecule has 1 unspecified atom stereocenters. The van der Waals surface area contributed by atoms with Gasteiger partial charge in [0.1, 0.15) is 6.10 Å². The fourth-order valence-corrected chi connectivity index (χ4v) is 6.21. The number of para-hydroxylation sites is 1. The number of fused-ring (bicyclic) bond motifs is 2. The third-order valence-corrected chi connectivity index (χ3v) is 8.16. The number of anilines is 2. The Morgan fingerprint density at radius 3 is 2.71 bits per heavy atom. The maximum atomic E-state index is 11.0. The van der Waals surface area contributed by atoms with Crippen LogP contribution < -0.4 is 4.90 Å². The van der Waals surface area contributed by atoms with Crippen molar-refractivity contribution in [1.82, 2.24) is 4.90 Å². The van der Waals surface area contributed by atoms with Crippen LogP contribution in [0.4, 0.5) is 11.4 Å². The number of β-amino-alcohol motifs (C(OH)–C–C–N with tert-alkyl or cyclic N) is 1. The summed E-state index contributed by atoms with van der Waals surface area (Å²) in [5.41, 5.74) is 3.50.